The van der Waals surface area contributed by atoms with Gasteiger partial charge in [0.05, 0.1) is 5.52 Å². The molecule has 1 heteroatoms. The molecular weight excluding hydrogens is 158 g/mol. The quantitative estimate of drug-likeness (QED) is 0.619. The van der Waals surface area contributed by atoms with E-state index in [0.717, 1.165) is 5.70 Å². The van der Waals surface area contributed by atoms with Gasteiger partial charge < -0.3 is 4.57 Å². The minimum absolute atomic E-state index is 1.06. The Balaban J connectivity index is 2.83. The van der Waals surface area contributed by atoms with Crippen molar-refractivity contribution in [2.75, 3.05) is 0 Å². The summed E-state index contributed by atoms with van der Waals surface area (Å²) in [6.07, 6.45) is 2.07. The standard InChI is InChI=1S/C12H13N/c1-9(2)13-8-7-11-10(3)5-4-6-12(11)13/h4-8H,1H2,2-3H3. The molecule has 0 aliphatic heterocycles. The van der Waals surface area contributed by atoms with Gasteiger partial charge in [-0.25, -0.2) is 0 Å². The number of allylic oxidation sites excluding steroid dienone is 1. The summed E-state index contributed by atoms with van der Waals surface area (Å²) < 4.78 is 2.11. The molecule has 0 saturated carbocycles. The van der Waals surface area contributed by atoms with Crippen molar-refractivity contribution in [1.29, 1.82) is 0 Å². The molecule has 0 bridgehead atoms. The number of fused-ring (bicyclic) bond motifs is 1. The lowest BCUT2D eigenvalue weighted by Gasteiger charge is -2.03. The Kier molecular flexibility index (Phi) is 1.73. The van der Waals surface area contributed by atoms with Crippen LogP contribution < -0.4 is 0 Å². The van der Waals surface area contributed by atoms with Crippen molar-refractivity contribution in [3.05, 3.63) is 42.6 Å². The van der Waals surface area contributed by atoms with Gasteiger partial charge in [-0.3, -0.25) is 0 Å². The second-order valence-corrected chi connectivity index (χ2v) is 3.43. The predicted octanol–water partition coefficient (Wildman–Crippen LogP) is 3.44. The summed E-state index contributed by atoms with van der Waals surface area (Å²) in [5, 5.41) is 1.31. The van der Waals surface area contributed by atoms with Gasteiger partial charge >= 0.3 is 0 Å². The van der Waals surface area contributed by atoms with Crippen molar-refractivity contribution < 1.29 is 0 Å². The number of aryl methyl sites for hydroxylation is 1. The SMILES string of the molecule is C=C(C)n1ccc2c(C)cccc21. The summed E-state index contributed by atoms with van der Waals surface area (Å²) in [6.45, 7) is 8.09. The monoisotopic (exact) mass is 171 g/mol. The molecular formula is C12H13N. The molecule has 0 spiro atoms. The summed E-state index contributed by atoms with van der Waals surface area (Å²) in [5.41, 5.74) is 3.62. The first-order valence-corrected chi connectivity index (χ1v) is 4.42. The third-order valence-electron chi connectivity index (χ3n) is 2.36. The van der Waals surface area contributed by atoms with E-state index in [1.807, 2.05) is 6.92 Å². The van der Waals surface area contributed by atoms with Crippen LogP contribution in [0.15, 0.2) is 37.0 Å². The third-order valence-corrected chi connectivity index (χ3v) is 2.36. The Morgan fingerprint density at radius 2 is 2.08 bits per heavy atom. The molecule has 0 saturated heterocycles. The zero-order chi connectivity index (χ0) is 9.42. The zero-order valence-corrected chi connectivity index (χ0v) is 8.04. The molecule has 1 heterocycles. The Hall–Kier alpha value is -1.50. The second-order valence-electron chi connectivity index (χ2n) is 3.43. The van der Waals surface area contributed by atoms with Gasteiger partial charge in [-0.1, -0.05) is 18.7 Å². The molecule has 13 heavy (non-hydrogen) atoms. The molecule has 66 valence electrons. The van der Waals surface area contributed by atoms with Crippen LogP contribution in [-0.2, 0) is 0 Å². The average molecular weight is 171 g/mol. The number of nitrogens with zero attached hydrogens (tertiary/aromatic N) is 1. The fourth-order valence-corrected chi connectivity index (χ4v) is 1.65. The number of hydrogen-bond donors (Lipinski definition) is 0. The molecule has 2 rings (SSSR count). The van der Waals surface area contributed by atoms with Gasteiger partial charge in [-0.05, 0) is 31.5 Å². The lowest BCUT2D eigenvalue weighted by Crippen LogP contribution is -1.88. The van der Waals surface area contributed by atoms with Crippen LogP contribution in [0.5, 0.6) is 0 Å². The van der Waals surface area contributed by atoms with E-state index in [1.54, 1.807) is 0 Å². The second kappa shape index (κ2) is 2.77. The van der Waals surface area contributed by atoms with Crippen molar-refractivity contribution in [2.45, 2.75) is 13.8 Å². The van der Waals surface area contributed by atoms with Crippen LogP contribution in [0.4, 0.5) is 0 Å². The summed E-state index contributed by atoms with van der Waals surface area (Å²) in [7, 11) is 0. The van der Waals surface area contributed by atoms with Gasteiger partial charge in [-0.15, -0.1) is 0 Å². The lowest BCUT2D eigenvalue weighted by atomic mass is 10.1. The highest BCUT2D eigenvalue weighted by Crippen LogP contribution is 2.21. The van der Waals surface area contributed by atoms with Crippen molar-refractivity contribution in [2.24, 2.45) is 0 Å². The maximum absolute atomic E-state index is 3.94. The van der Waals surface area contributed by atoms with Crippen LogP contribution in [-0.4, -0.2) is 4.57 Å². The van der Waals surface area contributed by atoms with Gasteiger partial charge in [0.1, 0.15) is 0 Å². The first-order chi connectivity index (χ1) is 6.20. The molecule has 0 N–H and O–H groups in total. The fourth-order valence-electron chi connectivity index (χ4n) is 1.65. The molecule has 0 radical (unpaired) electrons. The number of benzene rings is 1. The van der Waals surface area contributed by atoms with E-state index in [2.05, 4.69) is 48.5 Å². The molecule has 0 unspecified atom stereocenters. The Labute approximate surface area is 78.3 Å². The van der Waals surface area contributed by atoms with Crippen molar-refractivity contribution in [1.82, 2.24) is 4.57 Å². The van der Waals surface area contributed by atoms with Crippen LogP contribution >= 0.6 is 0 Å². The van der Waals surface area contributed by atoms with Crippen molar-refractivity contribution >= 4 is 16.6 Å². The maximum Gasteiger partial charge on any atom is 0.0527 e. The predicted molar refractivity (Wildman–Crippen MR) is 57.7 cm³/mol. The van der Waals surface area contributed by atoms with E-state index < -0.39 is 0 Å². The van der Waals surface area contributed by atoms with Gasteiger partial charge in [-0.2, -0.15) is 0 Å². The number of aromatic nitrogens is 1. The smallest absolute Gasteiger partial charge is 0.0527 e. The maximum atomic E-state index is 3.94. The van der Waals surface area contributed by atoms with Crippen LogP contribution in [0.1, 0.15) is 12.5 Å². The molecule has 0 aliphatic rings. The van der Waals surface area contributed by atoms with Crippen LogP contribution in [0.2, 0.25) is 0 Å². The molecule has 0 aliphatic carbocycles. The molecule has 1 aromatic carbocycles. The summed E-state index contributed by atoms with van der Waals surface area (Å²) >= 11 is 0. The van der Waals surface area contributed by atoms with E-state index in [1.165, 1.54) is 16.5 Å². The van der Waals surface area contributed by atoms with Gasteiger partial charge in [0.15, 0.2) is 0 Å². The van der Waals surface area contributed by atoms with E-state index in [-0.39, 0.29) is 0 Å². The highest BCUT2D eigenvalue weighted by molar-refractivity contribution is 5.85. The van der Waals surface area contributed by atoms with Gasteiger partial charge in [0.2, 0.25) is 0 Å². The normalized spacial score (nSPS) is 10.6. The molecule has 0 atom stereocenters. The summed E-state index contributed by atoms with van der Waals surface area (Å²) in [6, 6.07) is 8.47. The minimum Gasteiger partial charge on any atom is -0.321 e. The fraction of sp³-hybridized carbons (Fsp3) is 0.167. The largest absolute Gasteiger partial charge is 0.321 e. The first kappa shape index (κ1) is 8.11. The summed E-state index contributed by atoms with van der Waals surface area (Å²) in [4.78, 5) is 0. The summed E-state index contributed by atoms with van der Waals surface area (Å²) in [5.74, 6) is 0. The Bertz CT molecular complexity index is 463. The number of rotatable bonds is 1. The van der Waals surface area contributed by atoms with Crippen molar-refractivity contribution in [3.63, 3.8) is 0 Å². The third kappa shape index (κ3) is 1.17. The van der Waals surface area contributed by atoms with Crippen molar-refractivity contribution in [3.8, 4) is 0 Å². The lowest BCUT2D eigenvalue weighted by molar-refractivity contribution is 1.15. The Morgan fingerprint density at radius 1 is 1.31 bits per heavy atom. The average Bonchev–Trinajstić information content (AvgIpc) is 2.48. The van der Waals surface area contributed by atoms with E-state index >= 15 is 0 Å². The zero-order valence-electron chi connectivity index (χ0n) is 8.04. The van der Waals surface area contributed by atoms with Crippen LogP contribution in [0.25, 0.3) is 16.6 Å². The van der Waals surface area contributed by atoms with Crippen LogP contribution in [0.3, 0.4) is 0 Å². The van der Waals surface area contributed by atoms with E-state index in [4.69, 9.17) is 0 Å². The molecule has 2 aromatic rings. The van der Waals surface area contributed by atoms with Gasteiger partial charge in [0, 0.05) is 17.3 Å². The highest BCUT2D eigenvalue weighted by Gasteiger charge is 2.01. The van der Waals surface area contributed by atoms with E-state index in [9.17, 15) is 0 Å². The van der Waals surface area contributed by atoms with Crippen LogP contribution in [0, 0.1) is 6.92 Å². The molecule has 1 aromatic heterocycles. The number of hydrogen-bond acceptors (Lipinski definition) is 0. The van der Waals surface area contributed by atoms with Gasteiger partial charge in [0.25, 0.3) is 0 Å². The van der Waals surface area contributed by atoms with E-state index in [0.29, 0.717) is 0 Å². The molecule has 1 nitrogen and oxygen atoms in total. The Morgan fingerprint density at radius 3 is 2.77 bits per heavy atom. The molecule has 0 amide bonds. The molecule has 0 fully saturated rings. The topological polar surface area (TPSA) is 4.93 Å². The first-order valence-electron chi connectivity index (χ1n) is 4.42. The minimum atomic E-state index is 1.06. The highest BCUT2D eigenvalue weighted by atomic mass is 15.0.